The van der Waals surface area contributed by atoms with Crippen LogP contribution in [0.15, 0.2) is 48.5 Å². The molecule has 2 aromatic carbocycles. The van der Waals surface area contributed by atoms with Crippen molar-refractivity contribution in [2.45, 2.75) is 12.3 Å². The Morgan fingerprint density at radius 1 is 1.06 bits per heavy atom. The van der Waals surface area contributed by atoms with Crippen LogP contribution in [0, 0.1) is 5.92 Å². The van der Waals surface area contributed by atoms with Gasteiger partial charge in [0, 0.05) is 5.02 Å². The molecule has 2 unspecified atom stereocenters. The molecule has 0 heterocycles. The first kappa shape index (κ1) is 11.8. The Hall–Kier alpha value is -1.31. The summed E-state index contributed by atoms with van der Waals surface area (Å²) in [6.07, 6.45) is 1.23. The highest BCUT2D eigenvalue weighted by Gasteiger charge is 2.36. The van der Waals surface area contributed by atoms with Crippen LogP contribution in [0.2, 0.25) is 5.02 Å². The van der Waals surface area contributed by atoms with Crippen molar-refractivity contribution in [3.05, 3.63) is 59.1 Å². The summed E-state index contributed by atoms with van der Waals surface area (Å²) in [6, 6.07) is 16.7. The number of halogens is 1. The van der Waals surface area contributed by atoms with E-state index in [1.807, 2.05) is 18.2 Å². The summed E-state index contributed by atoms with van der Waals surface area (Å²) in [5, 5.41) is 0.782. The molecule has 0 aliphatic heterocycles. The smallest absolute Gasteiger partial charge is 0.0412 e. The van der Waals surface area contributed by atoms with E-state index in [1.54, 1.807) is 0 Å². The van der Waals surface area contributed by atoms with Gasteiger partial charge in [0.15, 0.2) is 0 Å². The molecule has 92 valence electrons. The van der Waals surface area contributed by atoms with E-state index >= 15 is 0 Å². The van der Waals surface area contributed by atoms with E-state index in [9.17, 15) is 0 Å². The van der Waals surface area contributed by atoms with Crippen LogP contribution in [0.25, 0.3) is 11.1 Å². The molecule has 3 rings (SSSR count). The first-order valence-corrected chi connectivity index (χ1v) is 6.71. The van der Waals surface area contributed by atoms with Crippen LogP contribution in [0.4, 0.5) is 0 Å². The van der Waals surface area contributed by atoms with Crippen LogP contribution in [0.1, 0.15) is 17.9 Å². The Morgan fingerprint density at radius 2 is 1.78 bits per heavy atom. The molecule has 2 heteroatoms. The summed E-state index contributed by atoms with van der Waals surface area (Å²) in [5.74, 6) is 1.34. The van der Waals surface area contributed by atoms with E-state index in [0.717, 1.165) is 11.6 Å². The zero-order chi connectivity index (χ0) is 12.5. The quantitative estimate of drug-likeness (QED) is 0.881. The maximum atomic E-state index is 6.04. The van der Waals surface area contributed by atoms with Crippen LogP contribution in [-0.4, -0.2) is 6.54 Å². The van der Waals surface area contributed by atoms with E-state index < -0.39 is 0 Å². The third-order valence-corrected chi connectivity index (χ3v) is 3.93. The normalized spacial score (nSPS) is 21.9. The average molecular weight is 258 g/mol. The van der Waals surface area contributed by atoms with Gasteiger partial charge in [-0.05, 0) is 53.6 Å². The van der Waals surface area contributed by atoms with Crippen LogP contribution in [0.5, 0.6) is 0 Å². The monoisotopic (exact) mass is 257 g/mol. The van der Waals surface area contributed by atoms with Gasteiger partial charge in [-0.3, -0.25) is 0 Å². The Kier molecular flexibility index (Phi) is 3.11. The van der Waals surface area contributed by atoms with E-state index in [0.29, 0.717) is 11.8 Å². The summed E-state index contributed by atoms with van der Waals surface area (Å²) >= 11 is 6.04. The number of hydrogen-bond acceptors (Lipinski definition) is 1. The van der Waals surface area contributed by atoms with Crippen molar-refractivity contribution in [2.24, 2.45) is 11.7 Å². The molecule has 2 aromatic rings. The van der Waals surface area contributed by atoms with Gasteiger partial charge in [0.1, 0.15) is 0 Å². The van der Waals surface area contributed by atoms with Gasteiger partial charge in [0.05, 0.1) is 0 Å². The molecule has 18 heavy (non-hydrogen) atoms. The predicted molar refractivity (Wildman–Crippen MR) is 76.8 cm³/mol. The minimum absolute atomic E-state index is 0.661. The summed E-state index contributed by atoms with van der Waals surface area (Å²) < 4.78 is 0. The fourth-order valence-electron chi connectivity index (χ4n) is 2.53. The highest BCUT2D eigenvalue weighted by atomic mass is 35.5. The van der Waals surface area contributed by atoms with Crippen LogP contribution >= 0.6 is 11.6 Å². The first-order valence-electron chi connectivity index (χ1n) is 6.34. The van der Waals surface area contributed by atoms with Crippen LogP contribution in [0.3, 0.4) is 0 Å². The number of benzene rings is 2. The highest BCUT2D eigenvalue weighted by Crippen LogP contribution is 2.47. The number of rotatable bonds is 3. The molecule has 1 fully saturated rings. The summed E-state index contributed by atoms with van der Waals surface area (Å²) in [4.78, 5) is 0. The topological polar surface area (TPSA) is 26.0 Å². The minimum Gasteiger partial charge on any atom is -0.330 e. The molecule has 0 radical (unpaired) electrons. The van der Waals surface area contributed by atoms with E-state index in [1.165, 1.54) is 23.1 Å². The van der Waals surface area contributed by atoms with Crippen molar-refractivity contribution < 1.29 is 0 Å². The largest absolute Gasteiger partial charge is 0.330 e. The van der Waals surface area contributed by atoms with E-state index in [2.05, 4.69) is 30.3 Å². The lowest BCUT2D eigenvalue weighted by Gasteiger charge is -2.05. The fraction of sp³-hybridized carbons (Fsp3) is 0.250. The minimum atomic E-state index is 0.661. The first-order chi connectivity index (χ1) is 8.78. The van der Waals surface area contributed by atoms with E-state index in [4.69, 9.17) is 17.3 Å². The Balaban J connectivity index is 1.92. The number of hydrogen-bond donors (Lipinski definition) is 1. The Labute approximate surface area is 113 Å². The molecule has 1 aliphatic rings. The lowest BCUT2D eigenvalue weighted by atomic mass is 10.0. The number of nitrogens with two attached hydrogens (primary N) is 1. The second-order valence-corrected chi connectivity index (χ2v) is 5.41. The molecule has 1 nitrogen and oxygen atoms in total. The molecule has 0 amide bonds. The van der Waals surface area contributed by atoms with Gasteiger partial charge in [-0.25, -0.2) is 0 Å². The van der Waals surface area contributed by atoms with Gasteiger partial charge in [-0.15, -0.1) is 0 Å². The lowest BCUT2D eigenvalue weighted by molar-refractivity contribution is 0.810. The molecule has 0 spiro atoms. The van der Waals surface area contributed by atoms with Crippen molar-refractivity contribution in [3.63, 3.8) is 0 Å². The van der Waals surface area contributed by atoms with Gasteiger partial charge >= 0.3 is 0 Å². The maximum Gasteiger partial charge on any atom is 0.0412 e. The molecule has 2 N–H and O–H groups in total. The third-order valence-electron chi connectivity index (χ3n) is 3.70. The molecule has 1 saturated carbocycles. The summed E-state index contributed by atoms with van der Waals surface area (Å²) in [6.45, 7) is 0.798. The summed E-state index contributed by atoms with van der Waals surface area (Å²) in [5.41, 5.74) is 9.53. The third kappa shape index (κ3) is 2.29. The van der Waals surface area contributed by atoms with Gasteiger partial charge < -0.3 is 5.73 Å². The van der Waals surface area contributed by atoms with E-state index in [-0.39, 0.29) is 0 Å². The average Bonchev–Trinajstić information content (AvgIpc) is 3.18. The maximum absolute atomic E-state index is 6.04. The predicted octanol–water partition coefficient (Wildman–Crippen LogP) is 4.07. The second kappa shape index (κ2) is 4.75. The van der Waals surface area contributed by atoms with Gasteiger partial charge in [-0.1, -0.05) is 48.0 Å². The van der Waals surface area contributed by atoms with Gasteiger partial charge in [0.25, 0.3) is 0 Å². The Bertz CT molecular complexity index is 565. The van der Waals surface area contributed by atoms with Crippen molar-refractivity contribution in [1.82, 2.24) is 0 Å². The Morgan fingerprint density at radius 3 is 2.44 bits per heavy atom. The standard InChI is InChI=1S/C16H16ClN/c17-15-6-2-4-12(8-15)11-3-1-5-13(7-11)16-9-14(16)10-18/h1-8,14,16H,9-10,18H2. The van der Waals surface area contributed by atoms with Crippen LogP contribution in [-0.2, 0) is 0 Å². The van der Waals surface area contributed by atoms with Crippen LogP contribution < -0.4 is 5.73 Å². The molecular weight excluding hydrogens is 242 g/mol. The zero-order valence-electron chi connectivity index (χ0n) is 10.1. The lowest BCUT2D eigenvalue weighted by Crippen LogP contribution is -2.01. The molecule has 0 bridgehead atoms. The zero-order valence-corrected chi connectivity index (χ0v) is 10.9. The molecular formula is C16H16ClN. The SMILES string of the molecule is NCC1CC1c1cccc(-c2cccc(Cl)c2)c1. The van der Waals surface area contributed by atoms with Crippen molar-refractivity contribution >= 4 is 11.6 Å². The highest BCUT2D eigenvalue weighted by molar-refractivity contribution is 6.30. The van der Waals surface area contributed by atoms with Gasteiger partial charge in [0.2, 0.25) is 0 Å². The van der Waals surface area contributed by atoms with Gasteiger partial charge in [-0.2, -0.15) is 0 Å². The second-order valence-electron chi connectivity index (χ2n) is 4.97. The fourth-order valence-corrected chi connectivity index (χ4v) is 2.72. The molecule has 1 aliphatic carbocycles. The molecule has 2 atom stereocenters. The summed E-state index contributed by atoms with van der Waals surface area (Å²) in [7, 11) is 0. The van der Waals surface area contributed by atoms with Crippen molar-refractivity contribution in [3.8, 4) is 11.1 Å². The molecule has 0 saturated heterocycles. The van der Waals surface area contributed by atoms with Crippen molar-refractivity contribution in [1.29, 1.82) is 0 Å². The van der Waals surface area contributed by atoms with Crippen molar-refractivity contribution in [2.75, 3.05) is 6.54 Å². The molecule has 0 aromatic heterocycles.